The fraction of sp³-hybridized carbons (Fsp3) is 0.412. The summed E-state index contributed by atoms with van der Waals surface area (Å²) in [6.07, 6.45) is 2.06. The monoisotopic (exact) mass is 328 g/mol. The Balaban J connectivity index is 1.29. The lowest BCUT2D eigenvalue weighted by atomic mass is 10.1. The number of carbonyl (C=O) groups excluding carboxylic acids is 1. The molecule has 2 aromatic rings. The van der Waals surface area contributed by atoms with Gasteiger partial charge in [0.05, 0.1) is 6.42 Å². The maximum absolute atomic E-state index is 12.3. The van der Waals surface area contributed by atoms with E-state index in [2.05, 4.69) is 21.2 Å². The van der Waals surface area contributed by atoms with Crippen molar-refractivity contribution in [3.8, 4) is 11.5 Å². The molecule has 0 saturated carbocycles. The minimum Gasteiger partial charge on any atom is -0.454 e. The lowest BCUT2D eigenvalue weighted by Crippen LogP contribution is -2.48. The van der Waals surface area contributed by atoms with Gasteiger partial charge in [0.25, 0.3) is 0 Å². The molecule has 2 aliphatic heterocycles. The van der Waals surface area contributed by atoms with Crippen LogP contribution in [0.1, 0.15) is 11.3 Å². The van der Waals surface area contributed by atoms with Gasteiger partial charge in [-0.25, -0.2) is 0 Å². The quantitative estimate of drug-likeness (QED) is 0.907. The second-order valence-corrected chi connectivity index (χ2v) is 6.10. The van der Waals surface area contributed by atoms with Crippen LogP contribution in [-0.2, 0) is 17.8 Å². The number of piperazine rings is 1. The number of nitrogens with zero attached hydrogens (tertiary/aromatic N) is 3. The highest BCUT2D eigenvalue weighted by molar-refractivity contribution is 5.78. The molecule has 1 aromatic heterocycles. The summed E-state index contributed by atoms with van der Waals surface area (Å²) in [6.45, 7) is 4.44. The third kappa shape index (κ3) is 3.21. The second kappa shape index (κ2) is 6.52. The van der Waals surface area contributed by atoms with Crippen molar-refractivity contribution in [2.24, 2.45) is 0 Å². The molecule has 1 fully saturated rings. The number of nitrogens with one attached hydrogen (secondary N) is 1. The van der Waals surface area contributed by atoms with Crippen molar-refractivity contribution < 1.29 is 14.3 Å². The zero-order chi connectivity index (χ0) is 16.4. The van der Waals surface area contributed by atoms with Gasteiger partial charge < -0.3 is 14.4 Å². The lowest BCUT2D eigenvalue weighted by molar-refractivity contribution is -0.132. The van der Waals surface area contributed by atoms with E-state index in [1.54, 1.807) is 6.20 Å². The molecule has 0 spiro atoms. The molecule has 7 heteroatoms. The Bertz CT molecular complexity index is 709. The molecule has 0 bridgehead atoms. The number of aromatic amines is 1. The fourth-order valence-corrected chi connectivity index (χ4v) is 3.11. The Kier molecular flexibility index (Phi) is 4.08. The number of aromatic nitrogens is 2. The molecule has 4 rings (SSSR count). The summed E-state index contributed by atoms with van der Waals surface area (Å²) < 4.78 is 10.8. The summed E-state index contributed by atoms with van der Waals surface area (Å²) in [5.41, 5.74) is 2.07. The van der Waals surface area contributed by atoms with Crippen LogP contribution in [0.3, 0.4) is 0 Å². The zero-order valence-corrected chi connectivity index (χ0v) is 13.4. The molecule has 1 saturated heterocycles. The van der Waals surface area contributed by atoms with Crippen LogP contribution in [0.25, 0.3) is 0 Å². The number of H-pyrrole nitrogens is 1. The average Bonchev–Trinajstić information content (AvgIpc) is 3.26. The fourth-order valence-electron chi connectivity index (χ4n) is 3.11. The van der Waals surface area contributed by atoms with Gasteiger partial charge in [0.2, 0.25) is 12.7 Å². The summed E-state index contributed by atoms with van der Waals surface area (Å²) in [5, 5.41) is 6.72. The summed E-state index contributed by atoms with van der Waals surface area (Å²) in [5.74, 6) is 1.79. The first-order valence-electron chi connectivity index (χ1n) is 8.15. The zero-order valence-electron chi connectivity index (χ0n) is 13.4. The van der Waals surface area contributed by atoms with Crippen molar-refractivity contribution in [1.29, 1.82) is 0 Å². The summed E-state index contributed by atoms with van der Waals surface area (Å²) >= 11 is 0. The molecule has 126 valence electrons. The highest BCUT2D eigenvalue weighted by atomic mass is 16.7. The molecule has 7 nitrogen and oxygen atoms in total. The third-order valence-electron chi connectivity index (χ3n) is 4.47. The van der Waals surface area contributed by atoms with Crippen molar-refractivity contribution in [2.75, 3.05) is 33.0 Å². The van der Waals surface area contributed by atoms with Gasteiger partial charge in [-0.3, -0.25) is 14.8 Å². The van der Waals surface area contributed by atoms with Gasteiger partial charge in [0, 0.05) is 44.6 Å². The van der Waals surface area contributed by atoms with Crippen molar-refractivity contribution in [1.82, 2.24) is 20.0 Å². The number of ether oxygens (including phenoxy) is 2. The van der Waals surface area contributed by atoms with Crippen LogP contribution in [0.4, 0.5) is 0 Å². The van der Waals surface area contributed by atoms with E-state index in [0.717, 1.165) is 49.9 Å². The molecule has 1 N–H and O–H groups in total. The molecule has 0 radical (unpaired) electrons. The van der Waals surface area contributed by atoms with Crippen LogP contribution >= 0.6 is 0 Å². The minimum atomic E-state index is 0.155. The molecule has 1 aromatic carbocycles. The van der Waals surface area contributed by atoms with Crippen molar-refractivity contribution >= 4 is 5.91 Å². The highest BCUT2D eigenvalue weighted by Crippen LogP contribution is 2.32. The van der Waals surface area contributed by atoms with Gasteiger partial charge in [-0.05, 0) is 23.8 Å². The van der Waals surface area contributed by atoms with E-state index in [4.69, 9.17) is 9.47 Å². The van der Waals surface area contributed by atoms with E-state index in [-0.39, 0.29) is 5.91 Å². The van der Waals surface area contributed by atoms with Crippen molar-refractivity contribution in [2.45, 2.75) is 13.0 Å². The first-order valence-corrected chi connectivity index (χ1v) is 8.15. The number of amides is 1. The molecular weight excluding hydrogens is 308 g/mol. The topological polar surface area (TPSA) is 70.7 Å². The van der Waals surface area contributed by atoms with Gasteiger partial charge >= 0.3 is 0 Å². The first kappa shape index (κ1) is 15.0. The van der Waals surface area contributed by atoms with E-state index >= 15 is 0 Å². The van der Waals surface area contributed by atoms with Crippen molar-refractivity contribution in [3.05, 3.63) is 41.7 Å². The normalized spacial score (nSPS) is 17.2. The Labute approximate surface area is 140 Å². The van der Waals surface area contributed by atoms with Crippen LogP contribution in [0.5, 0.6) is 11.5 Å². The summed E-state index contributed by atoms with van der Waals surface area (Å²) in [6, 6.07) is 7.91. The minimum absolute atomic E-state index is 0.155. The number of hydrogen-bond acceptors (Lipinski definition) is 5. The predicted octanol–water partition coefficient (Wildman–Crippen LogP) is 1.03. The van der Waals surface area contributed by atoms with Gasteiger partial charge in [0.15, 0.2) is 11.5 Å². The maximum atomic E-state index is 12.3. The van der Waals surface area contributed by atoms with E-state index in [1.165, 1.54) is 5.56 Å². The molecule has 24 heavy (non-hydrogen) atoms. The third-order valence-corrected chi connectivity index (χ3v) is 4.47. The molecule has 2 aliphatic rings. The second-order valence-electron chi connectivity index (χ2n) is 6.10. The van der Waals surface area contributed by atoms with E-state index in [9.17, 15) is 4.79 Å². The van der Waals surface area contributed by atoms with E-state index in [0.29, 0.717) is 13.2 Å². The van der Waals surface area contributed by atoms with Crippen LogP contribution in [0.2, 0.25) is 0 Å². The van der Waals surface area contributed by atoms with Crippen LogP contribution in [0, 0.1) is 0 Å². The number of carbonyl (C=O) groups is 1. The molecule has 1 amide bonds. The largest absolute Gasteiger partial charge is 0.454 e. The number of hydrogen-bond donors (Lipinski definition) is 1. The highest BCUT2D eigenvalue weighted by Gasteiger charge is 2.22. The SMILES string of the molecule is O=C(Cc1ccn[nH]1)N1CCN(Cc2ccc3c(c2)OCO3)CC1. The Morgan fingerprint density at radius 3 is 2.75 bits per heavy atom. The molecule has 0 aliphatic carbocycles. The van der Waals surface area contributed by atoms with E-state index < -0.39 is 0 Å². The molecule has 0 unspecified atom stereocenters. The first-order chi connectivity index (χ1) is 11.8. The predicted molar refractivity (Wildman–Crippen MR) is 86.7 cm³/mol. The summed E-state index contributed by atoms with van der Waals surface area (Å²) in [7, 11) is 0. The molecular formula is C17H20N4O3. The molecule has 0 atom stereocenters. The number of rotatable bonds is 4. The van der Waals surface area contributed by atoms with Gasteiger partial charge in [-0.15, -0.1) is 0 Å². The smallest absolute Gasteiger partial charge is 0.231 e. The molecule has 3 heterocycles. The number of benzene rings is 1. The Hall–Kier alpha value is -2.54. The lowest BCUT2D eigenvalue weighted by Gasteiger charge is -2.34. The maximum Gasteiger partial charge on any atom is 0.231 e. The average molecular weight is 328 g/mol. The summed E-state index contributed by atoms with van der Waals surface area (Å²) in [4.78, 5) is 16.6. The van der Waals surface area contributed by atoms with Crippen molar-refractivity contribution in [3.63, 3.8) is 0 Å². The van der Waals surface area contributed by atoms with E-state index in [1.807, 2.05) is 23.1 Å². The van der Waals surface area contributed by atoms with Gasteiger partial charge in [-0.2, -0.15) is 5.10 Å². The Morgan fingerprint density at radius 1 is 1.12 bits per heavy atom. The van der Waals surface area contributed by atoms with Crippen LogP contribution in [0.15, 0.2) is 30.5 Å². The number of fused-ring (bicyclic) bond motifs is 1. The standard InChI is InChI=1S/C17H20N4O3/c22-17(10-14-3-4-18-19-14)21-7-5-20(6-8-21)11-13-1-2-15-16(9-13)24-12-23-15/h1-4,9H,5-8,10-12H2,(H,18,19). The van der Waals surface area contributed by atoms with Gasteiger partial charge in [-0.1, -0.05) is 6.07 Å². The van der Waals surface area contributed by atoms with Gasteiger partial charge in [0.1, 0.15) is 0 Å². The van der Waals surface area contributed by atoms with Crippen LogP contribution < -0.4 is 9.47 Å². The Morgan fingerprint density at radius 2 is 1.96 bits per heavy atom. The van der Waals surface area contributed by atoms with Crippen LogP contribution in [-0.4, -0.2) is 58.9 Å².